The number of hydrogen-bond donors (Lipinski definition) is 0. The Morgan fingerprint density at radius 1 is 1.30 bits per heavy atom. The number of rotatable bonds is 7. The predicted molar refractivity (Wildman–Crippen MR) is 85.7 cm³/mol. The molecule has 20 heavy (non-hydrogen) atoms. The molecule has 0 saturated heterocycles. The highest BCUT2D eigenvalue weighted by atomic mass is 35.5. The Morgan fingerprint density at radius 2 is 2.10 bits per heavy atom. The fourth-order valence-corrected chi connectivity index (χ4v) is 3.59. The lowest BCUT2D eigenvalue weighted by molar-refractivity contribution is 0.542. The quantitative estimate of drug-likeness (QED) is 0.564. The Balaban J connectivity index is 1.81. The molecule has 0 bridgehead atoms. The molecule has 0 aliphatic heterocycles. The normalized spacial score (nSPS) is 11.2. The first kappa shape index (κ1) is 15.5. The number of thiazole rings is 1. The van der Waals surface area contributed by atoms with Gasteiger partial charge < -0.3 is 0 Å². The monoisotopic (exact) mass is 311 g/mol. The van der Waals surface area contributed by atoms with Gasteiger partial charge in [-0.1, -0.05) is 6.92 Å². The highest BCUT2D eigenvalue weighted by Gasteiger charge is 2.09. The summed E-state index contributed by atoms with van der Waals surface area (Å²) in [5.74, 6) is 0.516. The molecule has 0 spiro atoms. The molecule has 0 aromatic carbocycles. The zero-order valence-electron chi connectivity index (χ0n) is 12.4. The average Bonchev–Trinajstić information content (AvgIpc) is 3.00. The van der Waals surface area contributed by atoms with E-state index >= 15 is 0 Å². The van der Waals surface area contributed by atoms with Gasteiger partial charge in [0, 0.05) is 17.6 Å². The zero-order valence-corrected chi connectivity index (χ0v) is 14.0. The highest BCUT2D eigenvalue weighted by Crippen LogP contribution is 2.16. The molecule has 2 rings (SSSR count). The molecule has 110 valence electrons. The largest absolute Gasteiger partial charge is 0.269 e. The van der Waals surface area contributed by atoms with Crippen molar-refractivity contribution in [3.8, 4) is 0 Å². The summed E-state index contributed by atoms with van der Waals surface area (Å²) in [6.07, 6.45) is 4.40. The van der Waals surface area contributed by atoms with Crippen molar-refractivity contribution in [3.05, 3.63) is 33.0 Å². The number of aryl methyl sites for hydroxylation is 3. The van der Waals surface area contributed by atoms with Gasteiger partial charge in [-0.15, -0.1) is 22.9 Å². The first-order valence-electron chi connectivity index (χ1n) is 7.17. The summed E-state index contributed by atoms with van der Waals surface area (Å²) in [6, 6.07) is 0. The minimum Gasteiger partial charge on any atom is -0.269 e. The van der Waals surface area contributed by atoms with Crippen LogP contribution in [-0.4, -0.2) is 14.8 Å². The Morgan fingerprint density at radius 3 is 2.70 bits per heavy atom. The van der Waals surface area contributed by atoms with Crippen molar-refractivity contribution >= 4 is 22.9 Å². The van der Waals surface area contributed by atoms with E-state index in [0.29, 0.717) is 5.88 Å². The highest BCUT2D eigenvalue weighted by molar-refractivity contribution is 7.09. The molecule has 3 nitrogen and oxygen atoms in total. The van der Waals surface area contributed by atoms with Gasteiger partial charge in [-0.3, -0.25) is 4.68 Å². The maximum Gasteiger partial charge on any atom is 0.0928 e. The number of alkyl halides is 1. The van der Waals surface area contributed by atoms with Gasteiger partial charge in [0.1, 0.15) is 0 Å². The van der Waals surface area contributed by atoms with Crippen LogP contribution in [0.5, 0.6) is 0 Å². The Labute approximate surface area is 130 Å². The second kappa shape index (κ2) is 7.23. The van der Waals surface area contributed by atoms with Crippen molar-refractivity contribution in [2.45, 2.75) is 58.9 Å². The van der Waals surface area contributed by atoms with Crippen molar-refractivity contribution in [2.24, 2.45) is 0 Å². The lowest BCUT2D eigenvalue weighted by Gasteiger charge is -2.04. The lowest BCUT2D eigenvalue weighted by Crippen LogP contribution is -2.03. The van der Waals surface area contributed by atoms with Crippen LogP contribution in [0.25, 0.3) is 0 Å². The Kier molecular flexibility index (Phi) is 5.61. The van der Waals surface area contributed by atoms with Crippen LogP contribution in [0.15, 0.2) is 5.38 Å². The number of halogens is 1. The molecular formula is C15H22ClN3S. The van der Waals surface area contributed by atoms with Crippen molar-refractivity contribution in [2.75, 3.05) is 0 Å². The van der Waals surface area contributed by atoms with Gasteiger partial charge in [0.25, 0.3) is 0 Å². The molecule has 0 radical (unpaired) electrons. The molecule has 0 unspecified atom stereocenters. The Hall–Kier alpha value is -0.870. The van der Waals surface area contributed by atoms with Crippen molar-refractivity contribution in [3.63, 3.8) is 0 Å². The van der Waals surface area contributed by atoms with Gasteiger partial charge in [-0.25, -0.2) is 4.98 Å². The molecule has 2 aromatic heterocycles. The van der Waals surface area contributed by atoms with E-state index in [1.807, 2.05) is 0 Å². The summed E-state index contributed by atoms with van der Waals surface area (Å²) in [6.45, 7) is 7.47. The summed E-state index contributed by atoms with van der Waals surface area (Å²) in [5, 5.41) is 7.88. The number of hydrogen-bond acceptors (Lipinski definition) is 3. The third-order valence-electron chi connectivity index (χ3n) is 3.63. The van der Waals surface area contributed by atoms with Crippen molar-refractivity contribution in [1.29, 1.82) is 0 Å². The van der Waals surface area contributed by atoms with Crippen LogP contribution >= 0.6 is 22.9 Å². The average molecular weight is 312 g/mol. The molecule has 0 atom stereocenters. The molecule has 5 heteroatoms. The summed E-state index contributed by atoms with van der Waals surface area (Å²) >= 11 is 7.48. The molecule has 0 aliphatic rings. The fourth-order valence-electron chi connectivity index (χ4n) is 2.53. The van der Waals surface area contributed by atoms with Gasteiger partial charge in [-0.2, -0.15) is 5.10 Å². The van der Waals surface area contributed by atoms with Crippen LogP contribution < -0.4 is 0 Å². The van der Waals surface area contributed by atoms with Crippen LogP contribution in [0.1, 0.15) is 47.4 Å². The standard InChI is InChI=1S/C15H22ClN3S/c1-4-14-11(2)18-19(12(14)3)8-6-5-7-15-17-13(9-16)10-20-15/h10H,4-9H2,1-3H3. The third kappa shape index (κ3) is 3.61. The molecule has 0 saturated carbocycles. The van der Waals surface area contributed by atoms with E-state index in [9.17, 15) is 0 Å². The van der Waals surface area contributed by atoms with Gasteiger partial charge >= 0.3 is 0 Å². The van der Waals surface area contributed by atoms with Crippen molar-refractivity contribution < 1.29 is 0 Å². The maximum atomic E-state index is 5.76. The number of nitrogens with zero attached hydrogens (tertiary/aromatic N) is 3. The topological polar surface area (TPSA) is 30.7 Å². The van der Waals surface area contributed by atoms with E-state index < -0.39 is 0 Å². The van der Waals surface area contributed by atoms with Gasteiger partial charge in [0.2, 0.25) is 0 Å². The van der Waals surface area contributed by atoms with Gasteiger partial charge in [0.05, 0.1) is 22.3 Å². The van der Waals surface area contributed by atoms with Gasteiger partial charge in [-0.05, 0) is 45.1 Å². The van der Waals surface area contributed by atoms with Crippen LogP contribution in [0.2, 0.25) is 0 Å². The molecule has 0 fully saturated rings. The number of unbranched alkanes of at least 4 members (excludes halogenated alkanes) is 1. The second-order valence-electron chi connectivity index (χ2n) is 5.05. The minimum atomic E-state index is 0.516. The maximum absolute atomic E-state index is 5.76. The lowest BCUT2D eigenvalue weighted by atomic mass is 10.1. The minimum absolute atomic E-state index is 0.516. The third-order valence-corrected chi connectivity index (χ3v) is 4.86. The number of aromatic nitrogens is 3. The van der Waals surface area contributed by atoms with Gasteiger partial charge in [0.15, 0.2) is 0 Å². The zero-order chi connectivity index (χ0) is 14.5. The summed E-state index contributed by atoms with van der Waals surface area (Å²) in [5.41, 5.74) is 4.90. The SMILES string of the molecule is CCc1c(C)nn(CCCCc2nc(CCl)cs2)c1C. The smallest absolute Gasteiger partial charge is 0.0928 e. The molecule has 2 heterocycles. The predicted octanol–water partition coefficient (Wildman–Crippen LogP) is 4.28. The van der Waals surface area contributed by atoms with E-state index in [1.165, 1.54) is 22.0 Å². The van der Waals surface area contributed by atoms with E-state index in [0.717, 1.165) is 37.9 Å². The first-order chi connectivity index (χ1) is 9.65. The van der Waals surface area contributed by atoms with E-state index in [-0.39, 0.29) is 0 Å². The second-order valence-corrected chi connectivity index (χ2v) is 6.26. The molecule has 0 N–H and O–H groups in total. The van der Waals surface area contributed by atoms with E-state index in [1.54, 1.807) is 11.3 Å². The van der Waals surface area contributed by atoms with Crippen LogP contribution in [0, 0.1) is 13.8 Å². The van der Waals surface area contributed by atoms with Crippen LogP contribution in [0.4, 0.5) is 0 Å². The van der Waals surface area contributed by atoms with E-state index in [2.05, 4.69) is 40.9 Å². The Bertz CT molecular complexity index is 559. The summed E-state index contributed by atoms with van der Waals surface area (Å²) in [7, 11) is 0. The van der Waals surface area contributed by atoms with Crippen molar-refractivity contribution in [1.82, 2.24) is 14.8 Å². The van der Waals surface area contributed by atoms with Crippen LogP contribution in [0.3, 0.4) is 0 Å². The summed E-state index contributed by atoms with van der Waals surface area (Å²) < 4.78 is 2.15. The fraction of sp³-hybridized carbons (Fsp3) is 0.600. The summed E-state index contributed by atoms with van der Waals surface area (Å²) in [4.78, 5) is 4.49. The van der Waals surface area contributed by atoms with Crippen LogP contribution in [-0.2, 0) is 25.3 Å². The molecule has 0 aliphatic carbocycles. The first-order valence-corrected chi connectivity index (χ1v) is 8.59. The van der Waals surface area contributed by atoms with E-state index in [4.69, 9.17) is 11.6 Å². The molecule has 2 aromatic rings. The molecular weight excluding hydrogens is 290 g/mol. The molecule has 0 amide bonds.